The molecule has 3 heterocycles. The molecule has 130 valence electrons. The molecule has 2 saturated heterocycles. The molecule has 4 rings (SSSR count). The second-order valence-electron chi connectivity index (χ2n) is 7.37. The Balaban J connectivity index is 1.38. The van der Waals surface area contributed by atoms with Crippen molar-refractivity contribution in [1.29, 1.82) is 0 Å². The van der Waals surface area contributed by atoms with E-state index in [0.29, 0.717) is 12.6 Å². The molecule has 5 nitrogen and oxygen atoms in total. The topological polar surface area (TPSA) is 49.9 Å². The van der Waals surface area contributed by atoms with Crippen LogP contribution in [0.5, 0.6) is 0 Å². The van der Waals surface area contributed by atoms with Crippen LogP contribution in [0.15, 0.2) is 16.8 Å². The van der Waals surface area contributed by atoms with Gasteiger partial charge in [-0.05, 0) is 60.2 Å². The number of carbonyl (C=O) groups is 2. The molecule has 3 fully saturated rings. The van der Waals surface area contributed by atoms with Gasteiger partial charge in [0.15, 0.2) is 0 Å². The van der Waals surface area contributed by atoms with E-state index >= 15 is 0 Å². The molecule has 3 aliphatic rings. The maximum Gasteiger partial charge on any atom is 0.323 e. The first kappa shape index (κ1) is 16.1. The van der Waals surface area contributed by atoms with Crippen LogP contribution in [0.3, 0.4) is 0 Å². The summed E-state index contributed by atoms with van der Waals surface area (Å²) in [6, 6.07) is 2.44. The summed E-state index contributed by atoms with van der Waals surface area (Å²) in [5, 5.41) is 4.19. The van der Waals surface area contributed by atoms with Crippen molar-refractivity contribution in [2.24, 2.45) is 5.41 Å². The third kappa shape index (κ3) is 2.86. The number of ether oxygens (including phenoxy) is 1. The van der Waals surface area contributed by atoms with Gasteiger partial charge in [-0.2, -0.15) is 11.3 Å². The first-order valence-electron chi connectivity index (χ1n) is 8.78. The minimum absolute atomic E-state index is 0.0331. The van der Waals surface area contributed by atoms with Gasteiger partial charge < -0.3 is 9.64 Å². The Morgan fingerprint density at radius 1 is 1.46 bits per heavy atom. The van der Waals surface area contributed by atoms with Crippen molar-refractivity contribution in [3.8, 4) is 0 Å². The lowest BCUT2D eigenvalue weighted by Gasteiger charge is -2.36. The minimum atomic E-state index is -0.0545. The lowest BCUT2D eigenvalue weighted by Crippen LogP contribution is -2.46. The zero-order valence-electron chi connectivity index (χ0n) is 14.1. The highest BCUT2D eigenvalue weighted by Gasteiger charge is 2.58. The van der Waals surface area contributed by atoms with E-state index in [0.717, 1.165) is 45.3 Å². The van der Waals surface area contributed by atoms with E-state index in [9.17, 15) is 9.59 Å². The highest BCUT2D eigenvalue weighted by atomic mass is 32.1. The van der Waals surface area contributed by atoms with E-state index in [1.54, 1.807) is 18.3 Å². The fourth-order valence-corrected chi connectivity index (χ4v) is 5.08. The summed E-state index contributed by atoms with van der Waals surface area (Å²) >= 11 is 1.68. The molecule has 1 spiro atoms. The molecule has 1 aromatic heterocycles. The second-order valence-corrected chi connectivity index (χ2v) is 8.15. The molecule has 1 saturated carbocycles. The normalized spacial score (nSPS) is 28.8. The van der Waals surface area contributed by atoms with Crippen LogP contribution in [0.1, 0.15) is 38.2 Å². The van der Waals surface area contributed by atoms with Crippen LogP contribution in [0, 0.1) is 5.41 Å². The number of hydrogen-bond donors (Lipinski definition) is 0. The van der Waals surface area contributed by atoms with Crippen molar-refractivity contribution in [3.63, 3.8) is 0 Å². The highest BCUT2D eigenvalue weighted by Crippen LogP contribution is 2.57. The summed E-state index contributed by atoms with van der Waals surface area (Å²) in [7, 11) is 0. The van der Waals surface area contributed by atoms with Gasteiger partial charge in [0.1, 0.15) is 6.04 Å². The summed E-state index contributed by atoms with van der Waals surface area (Å²) in [5.41, 5.74) is 1.50. The molecular weight excluding hydrogens is 324 g/mol. The van der Waals surface area contributed by atoms with Crippen molar-refractivity contribution >= 4 is 23.2 Å². The zero-order chi connectivity index (χ0) is 16.7. The van der Waals surface area contributed by atoms with E-state index in [2.05, 4.69) is 26.6 Å². The Bertz CT molecular complexity index is 622. The number of carbonyl (C=O) groups excluding carboxylic acids is 2. The Hall–Kier alpha value is -1.40. The van der Waals surface area contributed by atoms with Crippen LogP contribution in [0.25, 0.3) is 0 Å². The van der Waals surface area contributed by atoms with Crippen molar-refractivity contribution in [2.45, 2.75) is 51.2 Å². The zero-order valence-corrected chi connectivity index (χ0v) is 14.9. The average molecular weight is 348 g/mol. The molecule has 1 aromatic rings. The number of piperidine rings is 1. The Labute approximate surface area is 146 Å². The molecule has 0 bridgehead atoms. The average Bonchev–Trinajstić information content (AvgIpc) is 2.96. The summed E-state index contributed by atoms with van der Waals surface area (Å²) in [5.74, 6) is 0.117. The van der Waals surface area contributed by atoms with E-state index in [1.807, 2.05) is 0 Å². The number of esters is 1. The fourth-order valence-electron chi connectivity index (χ4n) is 4.42. The Morgan fingerprint density at radius 3 is 2.83 bits per heavy atom. The first-order chi connectivity index (χ1) is 11.6. The van der Waals surface area contributed by atoms with Crippen molar-refractivity contribution in [2.75, 3.05) is 19.7 Å². The fraction of sp³-hybridized carbons (Fsp3) is 0.667. The minimum Gasteiger partial charge on any atom is -0.464 e. The molecule has 0 N–H and O–H groups in total. The summed E-state index contributed by atoms with van der Waals surface area (Å²) in [6.07, 6.45) is 4.09. The monoisotopic (exact) mass is 348 g/mol. The number of nitrogens with zero attached hydrogens (tertiary/aromatic N) is 2. The third-order valence-corrected chi connectivity index (χ3v) is 6.73. The maximum absolute atomic E-state index is 12.2. The summed E-state index contributed by atoms with van der Waals surface area (Å²) in [4.78, 5) is 28.3. The third-order valence-electron chi connectivity index (χ3n) is 6.00. The number of hydrogen-bond acceptors (Lipinski definition) is 5. The molecular formula is C18H24N2O3S. The Morgan fingerprint density at radius 2 is 2.25 bits per heavy atom. The number of thiophene rings is 1. The van der Waals surface area contributed by atoms with Crippen LogP contribution in [-0.4, -0.2) is 53.5 Å². The van der Waals surface area contributed by atoms with Crippen LogP contribution in [-0.2, 0) is 20.9 Å². The van der Waals surface area contributed by atoms with Crippen LogP contribution in [0.4, 0.5) is 0 Å². The van der Waals surface area contributed by atoms with Gasteiger partial charge >= 0.3 is 5.97 Å². The number of amides is 1. The standard InChI is InChI=1S/C18H24N2O3S/c1-13(21)20(11-14-3-9-24-12-14)16-10-18(16)4-6-19(7-5-18)15-2-8-23-17(15)22/h3,9,12,15-16H,2,4-8,10-11H2,1H3/t15-,16-/m0/s1. The van der Waals surface area contributed by atoms with Gasteiger partial charge in [0.2, 0.25) is 5.91 Å². The van der Waals surface area contributed by atoms with Gasteiger partial charge in [-0.15, -0.1) is 0 Å². The van der Waals surface area contributed by atoms with Crippen molar-refractivity contribution in [3.05, 3.63) is 22.4 Å². The lowest BCUT2D eigenvalue weighted by molar-refractivity contribution is -0.142. The molecule has 0 aromatic carbocycles. The smallest absolute Gasteiger partial charge is 0.323 e. The van der Waals surface area contributed by atoms with Gasteiger partial charge in [-0.1, -0.05) is 0 Å². The van der Waals surface area contributed by atoms with Crippen LogP contribution < -0.4 is 0 Å². The van der Waals surface area contributed by atoms with E-state index in [1.165, 1.54) is 5.56 Å². The van der Waals surface area contributed by atoms with Gasteiger partial charge in [0.05, 0.1) is 6.61 Å². The van der Waals surface area contributed by atoms with Gasteiger partial charge in [0, 0.05) is 25.9 Å². The quantitative estimate of drug-likeness (QED) is 0.783. The van der Waals surface area contributed by atoms with Crippen LogP contribution >= 0.6 is 11.3 Å². The molecule has 2 aliphatic heterocycles. The number of likely N-dealkylation sites (tertiary alicyclic amines) is 1. The summed E-state index contributed by atoms with van der Waals surface area (Å²) < 4.78 is 5.10. The van der Waals surface area contributed by atoms with Gasteiger partial charge in [-0.3, -0.25) is 14.5 Å². The molecule has 24 heavy (non-hydrogen) atoms. The van der Waals surface area contributed by atoms with Gasteiger partial charge in [0.25, 0.3) is 0 Å². The molecule has 1 amide bonds. The van der Waals surface area contributed by atoms with Gasteiger partial charge in [-0.25, -0.2) is 0 Å². The second kappa shape index (κ2) is 6.15. The lowest BCUT2D eigenvalue weighted by atomic mass is 9.91. The Kier molecular flexibility index (Phi) is 4.12. The SMILES string of the molecule is CC(=O)N(Cc1ccsc1)[C@H]1CC12CCN([C@H]1CCOC1=O)CC2. The van der Waals surface area contributed by atoms with Crippen molar-refractivity contribution < 1.29 is 14.3 Å². The highest BCUT2D eigenvalue weighted by molar-refractivity contribution is 7.07. The summed E-state index contributed by atoms with van der Waals surface area (Å²) in [6.45, 7) is 4.86. The number of rotatable bonds is 4. The first-order valence-corrected chi connectivity index (χ1v) is 9.72. The molecule has 0 unspecified atom stereocenters. The largest absolute Gasteiger partial charge is 0.464 e. The molecule has 2 atom stereocenters. The van der Waals surface area contributed by atoms with E-state index < -0.39 is 0 Å². The molecule has 1 aliphatic carbocycles. The molecule has 0 radical (unpaired) electrons. The predicted molar refractivity (Wildman–Crippen MR) is 91.6 cm³/mol. The van der Waals surface area contributed by atoms with E-state index in [-0.39, 0.29) is 23.3 Å². The molecule has 6 heteroatoms. The van der Waals surface area contributed by atoms with Crippen molar-refractivity contribution in [1.82, 2.24) is 9.80 Å². The van der Waals surface area contributed by atoms with Crippen LogP contribution in [0.2, 0.25) is 0 Å². The number of cyclic esters (lactones) is 1. The predicted octanol–water partition coefficient (Wildman–Crippen LogP) is 2.27. The maximum atomic E-state index is 12.2. The van der Waals surface area contributed by atoms with E-state index in [4.69, 9.17) is 4.74 Å².